The van der Waals surface area contributed by atoms with Gasteiger partial charge in [-0.3, -0.25) is 0 Å². The van der Waals surface area contributed by atoms with Gasteiger partial charge in [-0.05, 0) is 60.3 Å². The number of nitrogens with zero attached hydrogens (tertiary/aromatic N) is 1. The van der Waals surface area contributed by atoms with E-state index < -0.39 is 5.82 Å². The van der Waals surface area contributed by atoms with Crippen LogP contribution in [0.5, 0.6) is 5.75 Å². The van der Waals surface area contributed by atoms with Crippen molar-refractivity contribution in [2.24, 2.45) is 12.8 Å². The van der Waals surface area contributed by atoms with Crippen LogP contribution < -0.4 is 10.5 Å². The zero-order valence-corrected chi connectivity index (χ0v) is 14.6. The van der Waals surface area contributed by atoms with Crippen molar-refractivity contribution in [3.63, 3.8) is 0 Å². The predicted octanol–water partition coefficient (Wildman–Crippen LogP) is 4.41. The third kappa shape index (κ3) is 3.24. The molecule has 2 aromatic carbocycles. The van der Waals surface area contributed by atoms with Crippen molar-refractivity contribution >= 4 is 10.9 Å². The van der Waals surface area contributed by atoms with Crippen LogP contribution in [-0.4, -0.2) is 11.1 Å². The highest BCUT2D eigenvalue weighted by molar-refractivity contribution is 5.90. The van der Waals surface area contributed by atoms with Crippen LogP contribution in [0.25, 0.3) is 10.9 Å². The lowest BCUT2D eigenvalue weighted by Crippen LogP contribution is -2.09. The molecule has 0 fully saturated rings. The average molecular weight is 344 g/mol. The summed E-state index contributed by atoms with van der Waals surface area (Å²) in [6, 6.07) is 7.64. The van der Waals surface area contributed by atoms with E-state index in [1.165, 1.54) is 18.2 Å². The standard InChI is InChI=1S/C20H22F2N2O/c1-12-4-5-15(21)8-14(12)11-25-20-17(22)6-7-18-19(20)16(10-24(18)3)13(2)9-23/h4-8,10,13H,9,11,23H2,1-3H3. The van der Waals surface area contributed by atoms with Crippen LogP contribution in [0.15, 0.2) is 36.5 Å². The maximum absolute atomic E-state index is 14.5. The number of fused-ring (bicyclic) bond motifs is 1. The average Bonchev–Trinajstić information content (AvgIpc) is 2.93. The van der Waals surface area contributed by atoms with Gasteiger partial charge in [-0.2, -0.15) is 0 Å². The fraction of sp³-hybridized carbons (Fsp3) is 0.300. The highest BCUT2D eigenvalue weighted by atomic mass is 19.1. The first-order valence-electron chi connectivity index (χ1n) is 8.27. The SMILES string of the molecule is Cc1ccc(F)cc1COc1c(F)ccc2c1c(C(C)CN)cn2C. The van der Waals surface area contributed by atoms with Gasteiger partial charge >= 0.3 is 0 Å². The van der Waals surface area contributed by atoms with Gasteiger partial charge in [0.1, 0.15) is 12.4 Å². The Bertz CT molecular complexity index is 918. The smallest absolute Gasteiger partial charge is 0.165 e. The van der Waals surface area contributed by atoms with Gasteiger partial charge in [0.25, 0.3) is 0 Å². The summed E-state index contributed by atoms with van der Waals surface area (Å²) in [7, 11) is 1.91. The Balaban J connectivity index is 2.05. The maximum atomic E-state index is 14.5. The molecule has 0 aliphatic carbocycles. The quantitative estimate of drug-likeness (QED) is 0.745. The maximum Gasteiger partial charge on any atom is 0.165 e. The Kier molecular flexibility index (Phi) is 4.77. The highest BCUT2D eigenvalue weighted by Crippen LogP contribution is 2.36. The summed E-state index contributed by atoms with van der Waals surface area (Å²) in [5.74, 6) is -0.501. The molecule has 132 valence electrons. The van der Waals surface area contributed by atoms with Crippen LogP contribution in [0.2, 0.25) is 0 Å². The highest BCUT2D eigenvalue weighted by Gasteiger charge is 2.19. The fourth-order valence-corrected chi connectivity index (χ4v) is 3.05. The molecule has 2 N–H and O–H groups in total. The summed E-state index contributed by atoms with van der Waals surface area (Å²) < 4.78 is 35.8. The molecule has 0 spiro atoms. The molecule has 3 rings (SSSR count). The van der Waals surface area contributed by atoms with Crippen molar-refractivity contribution in [1.82, 2.24) is 4.57 Å². The summed E-state index contributed by atoms with van der Waals surface area (Å²) in [5, 5.41) is 0.731. The Morgan fingerprint density at radius 3 is 2.68 bits per heavy atom. The third-order valence-corrected chi connectivity index (χ3v) is 4.66. The number of halogens is 2. The summed E-state index contributed by atoms with van der Waals surface area (Å²) in [5.41, 5.74) is 9.23. The number of nitrogens with two attached hydrogens (primary N) is 1. The van der Waals surface area contributed by atoms with Crippen LogP contribution in [0.4, 0.5) is 8.78 Å². The van der Waals surface area contributed by atoms with E-state index in [4.69, 9.17) is 10.5 Å². The molecule has 0 saturated heterocycles. The number of aromatic nitrogens is 1. The van der Waals surface area contributed by atoms with E-state index in [-0.39, 0.29) is 24.1 Å². The molecule has 0 amide bonds. The second kappa shape index (κ2) is 6.84. The number of rotatable bonds is 5. The van der Waals surface area contributed by atoms with E-state index in [0.29, 0.717) is 12.1 Å². The van der Waals surface area contributed by atoms with Crippen molar-refractivity contribution in [2.75, 3.05) is 6.54 Å². The molecule has 1 aromatic heterocycles. The molecular formula is C20H22F2N2O. The topological polar surface area (TPSA) is 40.2 Å². The van der Waals surface area contributed by atoms with E-state index in [1.54, 1.807) is 12.1 Å². The lowest BCUT2D eigenvalue weighted by molar-refractivity contribution is 0.293. The first kappa shape index (κ1) is 17.4. The monoisotopic (exact) mass is 344 g/mol. The minimum absolute atomic E-state index is 0.0729. The van der Waals surface area contributed by atoms with Crippen molar-refractivity contribution in [3.05, 3.63) is 64.9 Å². The van der Waals surface area contributed by atoms with Gasteiger partial charge in [0, 0.05) is 18.6 Å². The molecule has 0 aliphatic rings. The van der Waals surface area contributed by atoms with E-state index in [9.17, 15) is 8.78 Å². The zero-order valence-electron chi connectivity index (χ0n) is 14.6. The molecule has 25 heavy (non-hydrogen) atoms. The molecule has 5 heteroatoms. The predicted molar refractivity (Wildman–Crippen MR) is 95.8 cm³/mol. The van der Waals surface area contributed by atoms with Gasteiger partial charge in [0.15, 0.2) is 11.6 Å². The fourth-order valence-electron chi connectivity index (χ4n) is 3.05. The number of ether oxygens (including phenoxy) is 1. The minimum atomic E-state index is -0.432. The van der Waals surface area contributed by atoms with Gasteiger partial charge in [0.2, 0.25) is 0 Å². The largest absolute Gasteiger partial charge is 0.485 e. The van der Waals surface area contributed by atoms with Gasteiger partial charge in [0.05, 0.1) is 5.52 Å². The molecular weight excluding hydrogens is 322 g/mol. The summed E-state index contributed by atoms with van der Waals surface area (Å²) >= 11 is 0. The molecule has 0 radical (unpaired) electrons. The Hall–Kier alpha value is -2.40. The number of hydrogen-bond donors (Lipinski definition) is 1. The summed E-state index contributed by atoms with van der Waals surface area (Å²) in [6.07, 6.45) is 1.96. The van der Waals surface area contributed by atoms with E-state index in [1.807, 2.05) is 31.7 Å². The van der Waals surface area contributed by atoms with Crippen molar-refractivity contribution in [1.29, 1.82) is 0 Å². The van der Waals surface area contributed by atoms with Gasteiger partial charge < -0.3 is 15.0 Å². The van der Waals surface area contributed by atoms with Crippen LogP contribution in [0.3, 0.4) is 0 Å². The number of benzene rings is 2. The Morgan fingerprint density at radius 2 is 1.96 bits per heavy atom. The zero-order chi connectivity index (χ0) is 18.1. The van der Waals surface area contributed by atoms with Crippen LogP contribution >= 0.6 is 0 Å². The first-order chi connectivity index (χ1) is 11.9. The van der Waals surface area contributed by atoms with Crippen LogP contribution in [-0.2, 0) is 13.7 Å². The van der Waals surface area contributed by atoms with Crippen molar-refractivity contribution in [2.45, 2.75) is 26.4 Å². The van der Waals surface area contributed by atoms with Crippen molar-refractivity contribution in [3.8, 4) is 5.75 Å². The van der Waals surface area contributed by atoms with Crippen LogP contribution in [0, 0.1) is 18.6 Å². The lowest BCUT2D eigenvalue weighted by Gasteiger charge is -2.14. The molecule has 3 nitrogen and oxygen atoms in total. The molecule has 1 atom stereocenters. The van der Waals surface area contributed by atoms with Crippen molar-refractivity contribution < 1.29 is 13.5 Å². The van der Waals surface area contributed by atoms with Gasteiger partial charge in [-0.1, -0.05) is 13.0 Å². The summed E-state index contributed by atoms with van der Waals surface area (Å²) in [6.45, 7) is 4.43. The Morgan fingerprint density at radius 1 is 1.20 bits per heavy atom. The van der Waals surface area contributed by atoms with E-state index >= 15 is 0 Å². The number of hydrogen-bond acceptors (Lipinski definition) is 2. The first-order valence-corrected chi connectivity index (χ1v) is 8.27. The second-order valence-corrected chi connectivity index (χ2v) is 6.46. The van der Waals surface area contributed by atoms with Gasteiger partial charge in [-0.15, -0.1) is 0 Å². The Labute approximate surface area is 146 Å². The third-order valence-electron chi connectivity index (χ3n) is 4.66. The van der Waals surface area contributed by atoms with E-state index in [2.05, 4.69) is 0 Å². The normalized spacial score (nSPS) is 12.6. The lowest BCUT2D eigenvalue weighted by atomic mass is 10.00. The summed E-state index contributed by atoms with van der Waals surface area (Å²) in [4.78, 5) is 0. The second-order valence-electron chi connectivity index (χ2n) is 6.46. The van der Waals surface area contributed by atoms with Gasteiger partial charge in [-0.25, -0.2) is 8.78 Å². The molecule has 0 aliphatic heterocycles. The van der Waals surface area contributed by atoms with E-state index in [0.717, 1.165) is 22.0 Å². The molecule has 1 unspecified atom stereocenters. The number of aryl methyl sites for hydroxylation is 2. The molecule has 0 saturated carbocycles. The molecule has 3 aromatic rings. The molecule has 1 heterocycles. The minimum Gasteiger partial charge on any atom is -0.485 e. The van der Waals surface area contributed by atoms with Crippen LogP contribution in [0.1, 0.15) is 29.5 Å². The molecule has 0 bridgehead atoms.